The summed E-state index contributed by atoms with van der Waals surface area (Å²) in [5.74, 6) is 0.235. The highest BCUT2D eigenvalue weighted by Gasteiger charge is 2.16. The summed E-state index contributed by atoms with van der Waals surface area (Å²) in [5, 5.41) is 5.44. The van der Waals surface area contributed by atoms with Crippen LogP contribution in [0.3, 0.4) is 0 Å². The van der Waals surface area contributed by atoms with Crippen molar-refractivity contribution in [3.63, 3.8) is 0 Å². The molecule has 0 bridgehead atoms. The average molecular weight is 307 g/mol. The quantitative estimate of drug-likeness (QED) is 0.832. The molecular weight excluding hydrogens is 288 g/mol. The van der Waals surface area contributed by atoms with Crippen LogP contribution >= 0.6 is 11.6 Å². The van der Waals surface area contributed by atoms with E-state index in [1.165, 1.54) is 12.1 Å². The van der Waals surface area contributed by atoms with Crippen LogP contribution in [0.2, 0.25) is 5.02 Å². The van der Waals surface area contributed by atoms with Crippen LogP contribution in [0, 0.1) is 0 Å². The van der Waals surface area contributed by atoms with Crippen LogP contribution in [0.5, 0.6) is 5.75 Å². The van der Waals surface area contributed by atoms with Gasteiger partial charge in [0.05, 0.1) is 0 Å². The molecule has 1 rings (SSSR count). The van der Waals surface area contributed by atoms with Crippen molar-refractivity contribution < 1.29 is 13.2 Å². The van der Waals surface area contributed by atoms with Crippen molar-refractivity contribution in [1.82, 2.24) is 4.90 Å². The first kappa shape index (κ1) is 16.2. The summed E-state index contributed by atoms with van der Waals surface area (Å²) in [6, 6.07) is 4.39. The van der Waals surface area contributed by atoms with Crippen molar-refractivity contribution in [3.05, 3.63) is 23.2 Å². The zero-order chi connectivity index (χ0) is 14.5. The molecule has 0 aliphatic heterocycles. The summed E-state index contributed by atoms with van der Waals surface area (Å²) in [5.41, 5.74) is 0. The van der Waals surface area contributed by atoms with Gasteiger partial charge in [-0.1, -0.05) is 25.4 Å². The second-order valence-corrected chi connectivity index (χ2v) is 5.98. The van der Waals surface area contributed by atoms with E-state index in [1.807, 2.05) is 0 Å². The Morgan fingerprint density at radius 3 is 2.47 bits per heavy atom. The number of nitrogens with zero attached hydrogens (tertiary/aromatic N) is 1. The summed E-state index contributed by atoms with van der Waals surface area (Å²) < 4.78 is 28.4. The number of primary sulfonamides is 1. The van der Waals surface area contributed by atoms with Gasteiger partial charge in [-0.25, -0.2) is 13.6 Å². The molecule has 0 saturated carbocycles. The predicted molar refractivity (Wildman–Crippen MR) is 76.1 cm³/mol. The molecule has 7 heteroatoms. The molecule has 1 aromatic carbocycles. The minimum Gasteiger partial charge on any atom is -0.491 e. The topological polar surface area (TPSA) is 72.6 Å². The fourth-order valence-electron chi connectivity index (χ4n) is 1.65. The molecule has 1 aromatic rings. The molecule has 108 valence electrons. The smallest absolute Gasteiger partial charge is 0.241 e. The lowest BCUT2D eigenvalue weighted by Gasteiger charge is -2.18. The maximum atomic E-state index is 11.4. The number of benzene rings is 1. The molecule has 2 N–H and O–H groups in total. The van der Waals surface area contributed by atoms with Crippen molar-refractivity contribution in [1.29, 1.82) is 0 Å². The number of ether oxygens (including phenoxy) is 1. The van der Waals surface area contributed by atoms with E-state index in [-0.39, 0.29) is 10.6 Å². The van der Waals surface area contributed by atoms with Crippen LogP contribution in [0.4, 0.5) is 0 Å². The lowest BCUT2D eigenvalue weighted by molar-refractivity contribution is 0.219. The second kappa shape index (κ2) is 7.09. The van der Waals surface area contributed by atoms with Crippen LogP contribution in [0.1, 0.15) is 13.8 Å². The van der Waals surface area contributed by atoms with Gasteiger partial charge in [0.15, 0.2) is 0 Å². The summed E-state index contributed by atoms with van der Waals surface area (Å²) in [7, 11) is -3.84. The lowest BCUT2D eigenvalue weighted by Crippen LogP contribution is -2.28. The number of nitrogens with two attached hydrogens (primary N) is 1. The van der Waals surface area contributed by atoms with Gasteiger partial charge in [0.2, 0.25) is 10.0 Å². The number of sulfonamides is 1. The standard InChI is InChI=1S/C12H19ClN2O3S/c1-3-15(4-2)7-8-18-11-6-5-10(13)9-12(11)19(14,16)17/h5-6,9H,3-4,7-8H2,1-2H3,(H2,14,16,17). The Balaban J connectivity index is 2.79. The first-order valence-corrected chi connectivity index (χ1v) is 7.98. The molecule has 0 radical (unpaired) electrons. The number of rotatable bonds is 7. The van der Waals surface area contributed by atoms with Crippen LogP contribution in [-0.4, -0.2) is 39.6 Å². The molecule has 0 unspecified atom stereocenters. The van der Waals surface area contributed by atoms with E-state index in [4.69, 9.17) is 21.5 Å². The fraction of sp³-hybridized carbons (Fsp3) is 0.500. The minimum atomic E-state index is -3.84. The molecule has 0 heterocycles. The van der Waals surface area contributed by atoms with Crippen molar-refractivity contribution >= 4 is 21.6 Å². The molecule has 0 aromatic heterocycles. The Kier molecular flexibility index (Phi) is 6.06. The molecule has 0 spiro atoms. The van der Waals surface area contributed by atoms with E-state index in [0.717, 1.165) is 19.6 Å². The van der Waals surface area contributed by atoms with Gasteiger partial charge < -0.3 is 9.64 Å². The Labute approximate surface area is 119 Å². The van der Waals surface area contributed by atoms with Gasteiger partial charge >= 0.3 is 0 Å². The van der Waals surface area contributed by atoms with Crippen LogP contribution in [-0.2, 0) is 10.0 Å². The van der Waals surface area contributed by atoms with Crippen molar-refractivity contribution in [2.45, 2.75) is 18.7 Å². The third kappa shape index (κ3) is 4.99. The molecule has 0 aliphatic carbocycles. The van der Waals surface area contributed by atoms with Gasteiger partial charge in [-0.15, -0.1) is 0 Å². The van der Waals surface area contributed by atoms with Crippen LogP contribution in [0.25, 0.3) is 0 Å². The monoisotopic (exact) mass is 306 g/mol. The maximum Gasteiger partial charge on any atom is 0.241 e. The highest BCUT2D eigenvalue weighted by Crippen LogP contribution is 2.26. The summed E-state index contributed by atoms with van der Waals surface area (Å²) >= 11 is 5.77. The van der Waals surface area contributed by atoms with E-state index < -0.39 is 10.0 Å². The zero-order valence-corrected chi connectivity index (χ0v) is 12.7. The Bertz CT molecular complexity index is 516. The van der Waals surface area contributed by atoms with E-state index in [0.29, 0.717) is 11.6 Å². The van der Waals surface area contributed by atoms with Crippen molar-refractivity contribution in [2.24, 2.45) is 5.14 Å². The first-order chi connectivity index (χ1) is 8.88. The predicted octanol–water partition coefficient (Wildman–Crippen LogP) is 1.71. The molecule has 0 fully saturated rings. The molecule has 19 heavy (non-hydrogen) atoms. The largest absolute Gasteiger partial charge is 0.491 e. The molecule has 0 saturated heterocycles. The lowest BCUT2D eigenvalue weighted by atomic mass is 10.3. The van der Waals surface area contributed by atoms with Gasteiger partial charge in [-0.05, 0) is 31.3 Å². The van der Waals surface area contributed by atoms with E-state index >= 15 is 0 Å². The highest BCUT2D eigenvalue weighted by molar-refractivity contribution is 7.89. The van der Waals surface area contributed by atoms with Crippen LogP contribution < -0.4 is 9.88 Å². The molecule has 0 aliphatic rings. The molecular formula is C12H19ClN2O3S. The first-order valence-electron chi connectivity index (χ1n) is 6.06. The minimum absolute atomic E-state index is 0.0838. The number of hydrogen-bond donors (Lipinski definition) is 1. The third-order valence-corrected chi connectivity index (χ3v) is 3.94. The summed E-state index contributed by atoms with van der Waals surface area (Å²) in [6.07, 6.45) is 0. The second-order valence-electron chi connectivity index (χ2n) is 4.01. The van der Waals surface area contributed by atoms with Gasteiger partial charge in [0, 0.05) is 11.6 Å². The fourth-order valence-corrected chi connectivity index (χ4v) is 2.58. The number of halogens is 1. The summed E-state index contributed by atoms with van der Waals surface area (Å²) in [6.45, 7) is 7.07. The highest BCUT2D eigenvalue weighted by atomic mass is 35.5. The van der Waals surface area contributed by atoms with E-state index in [9.17, 15) is 8.42 Å². The normalized spacial score (nSPS) is 11.8. The van der Waals surface area contributed by atoms with Crippen molar-refractivity contribution in [3.8, 4) is 5.75 Å². The summed E-state index contributed by atoms with van der Waals surface area (Å²) in [4.78, 5) is 2.09. The van der Waals surface area contributed by atoms with Crippen LogP contribution in [0.15, 0.2) is 23.1 Å². The maximum absolute atomic E-state index is 11.4. The third-order valence-electron chi connectivity index (χ3n) is 2.77. The Morgan fingerprint density at radius 2 is 1.95 bits per heavy atom. The Morgan fingerprint density at radius 1 is 1.32 bits per heavy atom. The zero-order valence-electron chi connectivity index (χ0n) is 11.1. The van der Waals surface area contributed by atoms with E-state index in [2.05, 4.69) is 18.7 Å². The van der Waals surface area contributed by atoms with Gasteiger partial charge in [-0.3, -0.25) is 0 Å². The van der Waals surface area contributed by atoms with E-state index in [1.54, 1.807) is 6.07 Å². The number of likely N-dealkylation sites (N-methyl/N-ethyl adjacent to an activating group) is 1. The Hall–Kier alpha value is -0.820. The molecule has 5 nitrogen and oxygen atoms in total. The average Bonchev–Trinajstić information content (AvgIpc) is 2.35. The van der Waals surface area contributed by atoms with Gasteiger partial charge in [0.1, 0.15) is 17.3 Å². The number of hydrogen-bond acceptors (Lipinski definition) is 4. The van der Waals surface area contributed by atoms with Gasteiger partial charge in [0.25, 0.3) is 0 Å². The molecule has 0 amide bonds. The van der Waals surface area contributed by atoms with Crippen molar-refractivity contribution in [2.75, 3.05) is 26.2 Å². The molecule has 0 atom stereocenters. The van der Waals surface area contributed by atoms with Gasteiger partial charge in [-0.2, -0.15) is 0 Å². The SMILES string of the molecule is CCN(CC)CCOc1ccc(Cl)cc1S(N)(=O)=O.